The van der Waals surface area contributed by atoms with Crippen molar-refractivity contribution in [2.45, 2.75) is 27.7 Å². The second-order valence-corrected chi connectivity index (χ2v) is 4.48. The molecule has 0 spiro atoms. The molecule has 0 saturated heterocycles. The van der Waals surface area contributed by atoms with E-state index < -0.39 is 0 Å². The second-order valence-electron chi connectivity index (χ2n) is 3.92. The summed E-state index contributed by atoms with van der Waals surface area (Å²) in [6.45, 7) is 8.63. The maximum atomic E-state index is 3.46. The van der Waals surface area contributed by atoms with Gasteiger partial charge in [0, 0.05) is 5.33 Å². The molecule has 0 nitrogen and oxygen atoms in total. The lowest BCUT2D eigenvalue weighted by molar-refractivity contribution is 1.28. The molecule has 0 saturated carbocycles. The van der Waals surface area contributed by atoms with E-state index in [1.807, 2.05) is 0 Å². The first-order valence-electron chi connectivity index (χ1n) is 4.85. The summed E-state index contributed by atoms with van der Waals surface area (Å²) in [6.07, 6.45) is 2.25. The first-order chi connectivity index (χ1) is 6.54. The highest BCUT2D eigenvalue weighted by Gasteiger charge is 1.99. The number of halogens is 1. The lowest BCUT2D eigenvalue weighted by Gasteiger charge is -2.07. The van der Waals surface area contributed by atoms with Gasteiger partial charge in [-0.2, -0.15) is 0 Å². The Bertz CT molecular complexity index is 362. The van der Waals surface area contributed by atoms with E-state index in [2.05, 4.69) is 61.8 Å². The van der Waals surface area contributed by atoms with Gasteiger partial charge in [0.1, 0.15) is 0 Å². The van der Waals surface area contributed by atoms with E-state index in [-0.39, 0.29) is 0 Å². The van der Waals surface area contributed by atoms with Gasteiger partial charge in [-0.15, -0.1) is 0 Å². The molecule has 1 aromatic carbocycles. The first-order valence-corrected chi connectivity index (χ1v) is 5.97. The molecular weight excluding hydrogens is 236 g/mol. The van der Waals surface area contributed by atoms with E-state index in [4.69, 9.17) is 0 Å². The summed E-state index contributed by atoms with van der Waals surface area (Å²) in [7, 11) is 0. The zero-order chi connectivity index (χ0) is 10.7. The average Bonchev–Trinajstić information content (AvgIpc) is 2.14. The van der Waals surface area contributed by atoms with Crippen LogP contribution in [0.15, 0.2) is 17.7 Å². The number of alkyl halides is 1. The van der Waals surface area contributed by atoms with E-state index >= 15 is 0 Å². The van der Waals surface area contributed by atoms with Crippen LogP contribution in [0.5, 0.6) is 0 Å². The average molecular weight is 253 g/mol. The molecule has 0 atom stereocenters. The lowest BCUT2D eigenvalue weighted by atomic mass is 10.00. The summed E-state index contributed by atoms with van der Waals surface area (Å²) in [5.41, 5.74) is 6.79. The molecule has 0 amide bonds. The molecular formula is C13H17Br. The third-order valence-electron chi connectivity index (χ3n) is 2.50. The SMILES string of the molecule is CC(=Cc1cc(C)c(C)cc1C)CBr. The van der Waals surface area contributed by atoms with Crippen LogP contribution in [-0.2, 0) is 0 Å². The quantitative estimate of drug-likeness (QED) is 0.685. The lowest BCUT2D eigenvalue weighted by Crippen LogP contribution is -1.88. The number of rotatable bonds is 2. The molecule has 0 bridgehead atoms. The van der Waals surface area contributed by atoms with Gasteiger partial charge >= 0.3 is 0 Å². The van der Waals surface area contributed by atoms with Crippen molar-refractivity contribution in [2.24, 2.45) is 0 Å². The highest BCUT2D eigenvalue weighted by Crippen LogP contribution is 2.18. The summed E-state index contributed by atoms with van der Waals surface area (Å²) < 4.78 is 0. The molecule has 76 valence electrons. The van der Waals surface area contributed by atoms with Crippen molar-refractivity contribution < 1.29 is 0 Å². The largest absolute Gasteiger partial charge is 0.0880 e. The Morgan fingerprint density at radius 3 is 2.29 bits per heavy atom. The topological polar surface area (TPSA) is 0 Å². The zero-order valence-electron chi connectivity index (χ0n) is 9.32. The second kappa shape index (κ2) is 4.79. The van der Waals surface area contributed by atoms with E-state index in [1.54, 1.807) is 0 Å². The van der Waals surface area contributed by atoms with Crippen LogP contribution in [0.1, 0.15) is 29.2 Å². The van der Waals surface area contributed by atoms with Crippen molar-refractivity contribution in [3.8, 4) is 0 Å². The fraction of sp³-hybridized carbons (Fsp3) is 0.385. The molecule has 0 aromatic heterocycles. The Morgan fingerprint density at radius 2 is 1.71 bits per heavy atom. The third-order valence-corrected chi connectivity index (χ3v) is 3.38. The molecule has 0 unspecified atom stereocenters. The maximum Gasteiger partial charge on any atom is 0.0242 e. The van der Waals surface area contributed by atoms with Gasteiger partial charge in [-0.1, -0.05) is 39.7 Å². The summed E-state index contributed by atoms with van der Waals surface area (Å²) in [5, 5.41) is 0.944. The summed E-state index contributed by atoms with van der Waals surface area (Å²) in [6, 6.07) is 4.51. The Morgan fingerprint density at radius 1 is 1.14 bits per heavy atom. The first kappa shape index (κ1) is 11.5. The van der Waals surface area contributed by atoms with Gasteiger partial charge in [-0.3, -0.25) is 0 Å². The van der Waals surface area contributed by atoms with Crippen LogP contribution in [0.4, 0.5) is 0 Å². The van der Waals surface area contributed by atoms with Crippen LogP contribution >= 0.6 is 15.9 Å². The number of hydrogen-bond acceptors (Lipinski definition) is 0. The van der Waals surface area contributed by atoms with Gasteiger partial charge in [0.25, 0.3) is 0 Å². The zero-order valence-corrected chi connectivity index (χ0v) is 10.9. The van der Waals surface area contributed by atoms with E-state index in [0.29, 0.717) is 0 Å². The Balaban J connectivity index is 3.16. The smallest absolute Gasteiger partial charge is 0.0242 e. The van der Waals surface area contributed by atoms with Crippen LogP contribution < -0.4 is 0 Å². The summed E-state index contributed by atoms with van der Waals surface area (Å²) >= 11 is 3.46. The highest BCUT2D eigenvalue weighted by molar-refractivity contribution is 9.09. The summed E-state index contributed by atoms with van der Waals surface area (Å²) in [4.78, 5) is 0. The Kier molecular flexibility index (Phi) is 3.94. The minimum absolute atomic E-state index is 0.944. The normalized spacial score (nSPS) is 11.9. The number of hydrogen-bond donors (Lipinski definition) is 0. The predicted octanol–water partition coefficient (Wildman–Crippen LogP) is 4.41. The van der Waals surface area contributed by atoms with Gasteiger partial charge in [0.05, 0.1) is 0 Å². The van der Waals surface area contributed by atoms with Crippen molar-refractivity contribution in [3.63, 3.8) is 0 Å². The molecule has 1 rings (SSSR count). The fourth-order valence-electron chi connectivity index (χ4n) is 1.44. The Hall–Kier alpha value is -0.560. The molecule has 14 heavy (non-hydrogen) atoms. The minimum Gasteiger partial charge on any atom is -0.0880 e. The fourth-order valence-corrected chi connectivity index (χ4v) is 1.60. The maximum absolute atomic E-state index is 3.46. The number of allylic oxidation sites excluding steroid dienone is 1. The van der Waals surface area contributed by atoms with Gasteiger partial charge in [-0.05, 0) is 49.9 Å². The van der Waals surface area contributed by atoms with E-state index in [1.165, 1.54) is 27.8 Å². The van der Waals surface area contributed by atoms with Gasteiger partial charge < -0.3 is 0 Å². The van der Waals surface area contributed by atoms with Crippen LogP contribution in [0.2, 0.25) is 0 Å². The molecule has 1 heteroatoms. The molecule has 0 fully saturated rings. The number of aryl methyl sites for hydroxylation is 3. The molecule has 0 heterocycles. The Labute approximate surface area is 95.2 Å². The number of benzene rings is 1. The molecule has 0 N–H and O–H groups in total. The highest BCUT2D eigenvalue weighted by atomic mass is 79.9. The summed E-state index contributed by atoms with van der Waals surface area (Å²) in [5.74, 6) is 0. The molecule has 0 aliphatic rings. The van der Waals surface area contributed by atoms with Crippen molar-refractivity contribution in [1.29, 1.82) is 0 Å². The van der Waals surface area contributed by atoms with Crippen LogP contribution in [0.3, 0.4) is 0 Å². The third kappa shape index (κ3) is 2.71. The standard InChI is InChI=1S/C13H17Br/c1-9(8-14)5-13-7-11(3)10(2)6-12(13)4/h5-7H,8H2,1-4H3. The predicted molar refractivity (Wildman–Crippen MR) is 68.1 cm³/mol. The van der Waals surface area contributed by atoms with Crippen LogP contribution in [0.25, 0.3) is 6.08 Å². The monoisotopic (exact) mass is 252 g/mol. The van der Waals surface area contributed by atoms with Crippen molar-refractivity contribution in [3.05, 3.63) is 40.0 Å². The minimum atomic E-state index is 0.944. The molecule has 0 aliphatic carbocycles. The van der Waals surface area contributed by atoms with Gasteiger partial charge in [0.2, 0.25) is 0 Å². The van der Waals surface area contributed by atoms with Gasteiger partial charge in [-0.25, -0.2) is 0 Å². The van der Waals surface area contributed by atoms with Crippen LogP contribution in [-0.4, -0.2) is 5.33 Å². The van der Waals surface area contributed by atoms with Crippen molar-refractivity contribution in [1.82, 2.24) is 0 Å². The van der Waals surface area contributed by atoms with Crippen molar-refractivity contribution >= 4 is 22.0 Å². The van der Waals surface area contributed by atoms with E-state index in [9.17, 15) is 0 Å². The molecule has 0 radical (unpaired) electrons. The van der Waals surface area contributed by atoms with E-state index in [0.717, 1.165) is 5.33 Å². The molecule has 0 aliphatic heterocycles. The van der Waals surface area contributed by atoms with Crippen molar-refractivity contribution in [2.75, 3.05) is 5.33 Å². The van der Waals surface area contributed by atoms with Crippen LogP contribution in [0, 0.1) is 20.8 Å². The van der Waals surface area contributed by atoms with Gasteiger partial charge in [0.15, 0.2) is 0 Å². The molecule has 1 aromatic rings.